The molecule has 0 radical (unpaired) electrons. The normalized spacial score (nSPS) is 16.0. The van der Waals surface area contributed by atoms with Gasteiger partial charge in [0.15, 0.2) is 0 Å². The monoisotopic (exact) mass is 365 g/mol. The Morgan fingerprint density at radius 3 is 2.26 bits per heavy atom. The molecule has 27 heavy (non-hydrogen) atoms. The lowest BCUT2D eigenvalue weighted by Crippen LogP contribution is -2.42. The molecule has 3 heteroatoms. The summed E-state index contributed by atoms with van der Waals surface area (Å²) in [5.41, 5.74) is 3.71. The van der Waals surface area contributed by atoms with E-state index in [2.05, 4.69) is 24.4 Å². The molecule has 1 fully saturated rings. The molecule has 0 aromatic heterocycles. The van der Waals surface area contributed by atoms with Crippen molar-refractivity contribution in [1.29, 1.82) is 0 Å². The van der Waals surface area contributed by atoms with Crippen LogP contribution < -0.4 is 10.1 Å². The summed E-state index contributed by atoms with van der Waals surface area (Å²) in [6.07, 6.45) is 6.23. The predicted octanol–water partition coefficient (Wildman–Crippen LogP) is 5.93. The highest BCUT2D eigenvalue weighted by atomic mass is 16.5. The van der Waals surface area contributed by atoms with E-state index in [-0.39, 0.29) is 5.91 Å². The summed E-state index contributed by atoms with van der Waals surface area (Å²) in [5, 5.41) is 3.22. The van der Waals surface area contributed by atoms with Crippen LogP contribution in [-0.2, 0) is 10.2 Å². The van der Waals surface area contributed by atoms with E-state index >= 15 is 0 Å². The number of hydrogen-bond acceptors (Lipinski definition) is 2. The van der Waals surface area contributed by atoms with Gasteiger partial charge in [-0.25, -0.2) is 0 Å². The Morgan fingerprint density at radius 1 is 1.04 bits per heavy atom. The standard InChI is InChI=1S/C24H31NO2/c1-4-15-27-22-18(2)16-21(17-19(22)3)25-23(26)24(13-9-6-10-14-24)20-11-7-5-8-12-20/h5,7-8,11-12,16-17H,4,6,9-10,13-15H2,1-3H3,(H,25,26). The summed E-state index contributed by atoms with van der Waals surface area (Å²) in [6, 6.07) is 14.3. The van der Waals surface area contributed by atoms with Crippen molar-refractivity contribution >= 4 is 11.6 Å². The van der Waals surface area contributed by atoms with Crippen LogP contribution in [0.3, 0.4) is 0 Å². The maximum Gasteiger partial charge on any atom is 0.235 e. The van der Waals surface area contributed by atoms with E-state index in [0.717, 1.165) is 60.2 Å². The summed E-state index contributed by atoms with van der Waals surface area (Å²) in [6.45, 7) is 6.90. The summed E-state index contributed by atoms with van der Waals surface area (Å²) in [4.78, 5) is 13.4. The zero-order valence-corrected chi connectivity index (χ0v) is 16.8. The van der Waals surface area contributed by atoms with E-state index in [9.17, 15) is 4.79 Å². The van der Waals surface area contributed by atoms with E-state index in [1.807, 2.05) is 44.2 Å². The first-order valence-corrected chi connectivity index (χ1v) is 10.2. The highest BCUT2D eigenvalue weighted by Gasteiger charge is 2.41. The first kappa shape index (κ1) is 19.5. The summed E-state index contributed by atoms with van der Waals surface area (Å²) in [5.74, 6) is 1.06. The van der Waals surface area contributed by atoms with Gasteiger partial charge in [-0.15, -0.1) is 0 Å². The minimum Gasteiger partial charge on any atom is -0.493 e. The molecule has 0 atom stereocenters. The van der Waals surface area contributed by atoms with Crippen molar-refractivity contribution < 1.29 is 9.53 Å². The molecule has 0 saturated heterocycles. The van der Waals surface area contributed by atoms with E-state index in [1.165, 1.54) is 6.42 Å². The summed E-state index contributed by atoms with van der Waals surface area (Å²) >= 11 is 0. The predicted molar refractivity (Wildman–Crippen MR) is 112 cm³/mol. The van der Waals surface area contributed by atoms with Crippen LogP contribution >= 0.6 is 0 Å². The van der Waals surface area contributed by atoms with Gasteiger partial charge in [0.05, 0.1) is 12.0 Å². The summed E-state index contributed by atoms with van der Waals surface area (Å²) in [7, 11) is 0. The second kappa shape index (κ2) is 8.60. The molecule has 0 spiro atoms. The van der Waals surface area contributed by atoms with Gasteiger partial charge in [0.2, 0.25) is 5.91 Å². The van der Waals surface area contributed by atoms with Gasteiger partial charge in [0.1, 0.15) is 5.75 Å². The molecular formula is C24H31NO2. The summed E-state index contributed by atoms with van der Waals surface area (Å²) < 4.78 is 5.87. The third-order valence-electron chi connectivity index (χ3n) is 5.64. The molecule has 0 heterocycles. The van der Waals surface area contributed by atoms with E-state index in [4.69, 9.17) is 4.74 Å². The van der Waals surface area contributed by atoms with Gasteiger partial charge >= 0.3 is 0 Å². The molecule has 2 aromatic rings. The maximum atomic E-state index is 13.4. The number of carbonyl (C=O) groups excluding carboxylic acids is 1. The van der Waals surface area contributed by atoms with Crippen molar-refractivity contribution in [2.75, 3.05) is 11.9 Å². The molecule has 144 valence electrons. The zero-order chi connectivity index (χ0) is 19.3. The van der Waals surface area contributed by atoms with Crippen LogP contribution in [0.2, 0.25) is 0 Å². The molecule has 0 bridgehead atoms. The fourth-order valence-corrected chi connectivity index (χ4v) is 4.26. The van der Waals surface area contributed by atoms with E-state index in [1.54, 1.807) is 0 Å². The van der Waals surface area contributed by atoms with Crippen LogP contribution in [0.15, 0.2) is 42.5 Å². The van der Waals surface area contributed by atoms with Gasteiger partial charge in [0, 0.05) is 5.69 Å². The number of benzene rings is 2. The minimum atomic E-state index is -0.418. The largest absolute Gasteiger partial charge is 0.493 e. The Morgan fingerprint density at radius 2 is 1.67 bits per heavy atom. The quantitative estimate of drug-likeness (QED) is 0.688. The molecule has 0 unspecified atom stereocenters. The van der Waals surface area contributed by atoms with Crippen LogP contribution in [-0.4, -0.2) is 12.5 Å². The van der Waals surface area contributed by atoms with Crippen LogP contribution in [0.25, 0.3) is 0 Å². The molecular weight excluding hydrogens is 334 g/mol. The fourth-order valence-electron chi connectivity index (χ4n) is 4.26. The molecule has 3 nitrogen and oxygen atoms in total. The highest BCUT2D eigenvalue weighted by Crippen LogP contribution is 2.40. The van der Waals surface area contributed by atoms with Crippen molar-refractivity contribution in [3.05, 3.63) is 59.2 Å². The first-order chi connectivity index (χ1) is 13.1. The van der Waals surface area contributed by atoms with Gasteiger partial charge in [-0.1, -0.05) is 56.5 Å². The van der Waals surface area contributed by atoms with Gasteiger partial charge < -0.3 is 10.1 Å². The maximum absolute atomic E-state index is 13.4. The Bertz CT molecular complexity index is 753. The lowest BCUT2D eigenvalue weighted by Gasteiger charge is -2.36. The SMILES string of the molecule is CCCOc1c(C)cc(NC(=O)C2(c3ccccc3)CCCCC2)cc1C. The number of anilines is 1. The number of aryl methyl sites for hydroxylation is 2. The van der Waals surface area contributed by atoms with Crippen molar-refractivity contribution in [3.8, 4) is 5.75 Å². The number of amides is 1. The van der Waals surface area contributed by atoms with Crippen LogP contribution in [0.5, 0.6) is 5.75 Å². The Hall–Kier alpha value is -2.29. The minimum absolute atomic E-state index is 0.120. The second-order valence-electron chi connectivity index (χ2n) is 7.75. The van der Waals surface area contributed by atoms with E-state index < -0.39 is 5.41 Å². The topological polar surface area (TPSA) is 38.3 Å². The van der Waals surface area contributed by atoms with E-state index in [0.29, 0.717) is 6.61 Å². The lowest BCUT2D eigenvalue weighted by atomic mass is 9.68. The molecule has 1 saturated carbocycles. The van der Waals surface area contributed by atoms with Gasteiger partial charge in [-0.3, -0.25) is 4.79 Å². The van der Waals surface area contributed by atoms with Gasteiger partial charge in [-0.2, -0.15) is 0 Å². The molecule has 1 amide bonds. The highest BCUT2D eigenvalue weighted by molar-refractivity contribution is 5.99. The molecule has 1 aliphatic rings. The van der Waals surface area contributed by atoms with Crippen LogP contribution in [0.1, 0.15) is 62.1 Å². The Balaban J connectivity index is 1.86. The molecule has 3 rings (SSSR count). The first-order valence-electron chi connectivity index (χ1n) is 10.2. The number of hydrogen-bond donors (Lipinski definition) is 1. The van der Waals surface area contributed by atoms with Crippen molar-refractivity contribution in [2.45, 2.75) is 64.7 Å². The number of rotatable bonds is 6. The second-order valence-corrected chi connectivity index (χ2v) is 7.75. The zero-order valence-electron chi connectivity index (χ0n) is 16.8. The van der Waals surface area contributed by atoms with Gasteiger partial charge in [0.25, 0.3) is 0 Å². The van der Waals surface area contributed by atoms with Crippen molar-refractivity contribution in [1.82, 2.24) is 0 Å². The van der Waals surface area contributed by atoms with Crippen LogP contribution in [0, 0.1) is 13.8 Å². The smallest absolute Gasteiger partial charge is 0.235 e. The number of nitrogens with one attached hydrogen (secondary N) is 1. The Kier molecular flexibility index (Phi) is 6.20. The third kappa shape index (κ3) is 4.18. The van der Waals surface area contributed by atoms with Gasteiger partial charge in [-0.05, 0) is 61.9 Å². The molecule has 1 N–H and O–H groups in total. The average molecular weight is 366 g/mol. The number of carbonyl (C=O) groups is 1. The van der Waals surface area contributed by atoms with Crippen LogP contribution in [0.4, 0.5) is 5.69 Å². The third-order valence-corrected chi connectivity index (χ3v) is 5.64. The molecule has 0 aliphatic heterocycles. The lowest BCUT2D eigenvalue weighted by molar-refractivity contribution is -0.122. The van der Waals surface area contributed by atoms with Crippen molar-refractivity contribution in [3.63, 3.8) is 0 Å². The Labute approximate surface area is 163 Å². The fraction of sp³-hybridized carbons (Fsp3) is 0.458. The average Bonchev–Trinajstić information content (AvgIpc) is 2.68. The van der Waals surface area contributed by atoms with Crippen molar-refractivity contribution in [2.24, 2.45) is 0 Å². The molecule has 2 aromatic carbocycles. The number of ether oxygens (including phenoxy) is 1. The molecule has 1 aliphatic carbocycles.